The van der Waals surface area contributed by atoms with Crippen molar-refractivity contribution in [3.8, 4) is 5.75 Å². The quantitative estimate of drug-likeness (QED) is 0.821. The van der Waals surface area contributed by atoms with Crippen LogP contribution in [0.15, 0.2) is 23.1 Å². The van der Waals surface area contributed by atoms with Gasteiger partial charge < -0.3 is 9.47 Å². The Labute approximate surface area is 108 Å². The molecular formula is C10H11F2NO5S. The van der Waals surface area contributed by atoms with Crippen LogP contribution in [-0.4, -0.2) is 27.6 Å². The second kappa shape index (κ2) is 5.93. The first-order chi connectivity index (χ1) is 8.75. The molecular weight excluding hydrogens is 284 g/mol. The van der Waals surface area contributed by atoms with Gasteiger partial charge in [-0.25, -0.2) is 18.4 Å². The Balaban J connectivity index is 3.27. The molecule has 19 heavy (non-hydrogen) atoms. The summed E-state index contributed by atoms with van der Waals surface area (Å²) < 4.78 is 55.5. The number of benzene rings is 1. The fourth-order valence-electron chi connectivity index (χ4n) is 1.27. The molecule has 0 bridgehead atoms. The van der Waals surface area contributed by atoms with Crippen LogP contribution in [0.2, 0.25) is 0 Å². The number of ether oxygens (including phenoxy) is 2. The van der Waals surface area contributed by atoms with E-state index in [-0.39, 0.29) is 12.2 Å². The first-order valence-corrected chi connectivity index (χ1v) is 6.59. The fourth-order valence-corrected chi connectivity index (χ4v) is 1.95. The number of hydrogen-bond acceptors (Lipinski definition) is 5. The molecule has 106 valence electrons. The monoisotopic (exact) mass is 295 g/mol. The first-order valence-electron chi connectivity index (χ1n) is 5.04. The van der Waals surface area contributed by atoms with Gasteiger partial charge in [0.1, 0.15) is 10.6 Å². The summed E-state index contributed by atoms with van der Waals surface area (Å²) in [5.41, 5.74) is -0.132. The highest BCUT2D eigenvalue weighted by Crippen LogP contribution is 2.26. The van der Waals surface area contributed by atoms with Crippen molar-refractivity contribution in [1.82, 2.24) is 0 Å². The summed E-state index contributed by atoms with van der Waals surface area (Å²) >= 11 is 0. The summed E-state index contributed by atoms with van der Waals surface area (Å²) in [5.74, 6) is -1.43. The van der Waals surface area contributed by atoms with Crippen LogP contribution in [-0.2, 0) is 14.8 Å². The van der Waals surface area contributed by atoms with Gasteiger partial charge in [-0.05, 0) is 25.1 Å². The molecule has 1 rings (SSSR count). The Morgan fingerprint density at radius 2 is 2.05 bits per heavy atom. The lowest BCUT2D eigenvalue weighted by Gasteiger charge is -2.10. The second-order valence-electron chi connectivity index (χ2n) is 3.31. The number of halogens is 2. The zero-order valence-corrected chi connectivity index (χ0v) is 10.6. The molecule has 0 aliphatic carbocycles. The molecule has 0 atom stereocenters. The summed E-state index contributed by atoms with van der Waals surface area (Å²) in [6, 6.07) is 2.84. The minimum Gasteiger partial charge on any atom is -0.462 e. The Morgan fingerprint density at radius 1 is 1.42 bits per heavy atom. The van der Waals surface area contributed by atoms with Crippen molar-refractivity contribution >= 4 is 16.0 Å². The molecule has 0 heterocycles. The van der Waals surface area contributed by atoms with Crippen molar-refractivity contribution in [3.05, 3.63) is 23.8 Å². The van der Waals surface area contributed by atoms with Crippen molar-refractivity contribution in [3.63, 3.8) is 0 Å². The van der Waals surface area contributed by atoms with Crippen molar-refractivity contribution in [1.29, 1.82) is 0 Å². The second-order valence-corrected chi connectivity index (χ2v) is 4.84. The standard InChI is InChI=1S/C10H11F2NO5S/c1-2-17-9(14)6-3-4-7(18-10(11)12)8(5-6)19(13,15)16/h3-5,10H,2H2,1H3,(H2,13,15,16). The van der Waals surface area contributed by atoms with Crippen LogP contribution in [0.1, 0.15) is 17.3 Å². The Bertz CT molecular complexity index is 573. The molecule has 0 aromatic heterocycles. The van der Waals surface area contributed by atoms with Crippen LogP contribution < -0.4 is 9.88 Å². The minimum absolute atomic E-state index is 0.0822. The summed E-state index contributed by atoms with van der Waals surface area (Å²) in [6.07, 6.45) is 0. The summed E-state index contributed by atoms with van der Waals surface area (Å²) in [7, 11) is -4.32. The number of rotatable bonds is 5. The van der Waals surface area contributed by atoms with Gasteiger partial charge in [0, 0.05) is 0 Å². The average molecular weight is 295 g/mol. The SMILES string of the molecule is CCOC(=O)c1ccc(OC(F)F)c(S(N)(=O)=O)c1. The molecule has 0 saturated carbocycles. The molecule has 0 amide bonds. The van der Waals surface area contributed by atoms with Gasteiger partial charge in [-0.2, -0.15) is 8.78 Å². The predicted molar refractivity (Wildman–Crippen MR) is 60.4 cm³/mol. The van der Waals surface area contributed by atoms with E-state index < -0.39 is 33.2 Å². The fraction of sp³-hybridized carbons (Fsp3) is 0.300. The van der Waals surface area contributed by atoms with Crippen LogP contribution >= 0.6 is 0 Å². The molecule has 0 aliphatic rings. The van der Waals surface area contributed by atoms with E-state index >= 15 is 0 Å². The zero-order chi connectivity index (χ0) is 14.6. The highest BCUT2D eigenvalue weighted by molar-refractivity contribution is 7.89. The smallest absolute Gasteiger partial charge is 0.387 e. The van der Waals surface area contributed by atoms with E-state index in [1.54, 1.807) is 6.92 Å². The van der Waals surface area contributed by atoms with E-state index in [1.165, 1.54) is 0 Å². The van der Waals surface area contributed by atoms with Crippen LogP contribution in [0.5, 0.6) is 5.75 Å². The van der Waals surface area contributed by atoms with Gasteiger partial charge in [-0.1, -0.05) is 0 Å². The normalized spacial score (nSPS) is 11.4. The van der Waals surface area contributed by atoms with Gasteiger partial charge in [-0.15, -0.1) is 0 Å². The number of esters is 1. The molecule has 0 saturated heterocycles. The molecule has 0 unspecified atom stereocenters. The molecule has 0 spiro atoms. The van der Waals surface area contributed by atoms with Gasteiger partial charge in [0.2, 0.25) is 10.0 Å². The first kappa shape index (κ1) is 15.3. The van der Waals surface area contributed by atoms with Crippen LogP contribution in [0.25, 0.3) is 0 Å². The molecule has 2 N–H and O–H groups in total. The van der Waals surface area contributed by atoms with Gasteiger partial charge in [-0.3, -0.25) is 0 Å². The molecule has 0 aliphatic heterocycles. The zero-order valence-electron chi connectivity index (χ0n) is 9.80. The molecule has 9 heteroatoms. The lowest BCUT2D eigenvalue weighted by atomic mass is 10.2. The lowest BCUT2D eigenvalue weighted by molar-refractivity contribution is -0.0517. The van der Waals surface area contributed by atoms with Gasteiger partial charge >= 0.3 is 12.6 Å². The summed E-state index contributed by atoms with van der Waals surface area (Å²) in [4.78, 5) is 10.7. The van der Waals surface area contributed by atoms with E-state index in [4.69, 9.17) is 5.14 Å². The van der Waals surface area contributed by atoms with Crippen LogP contribution in [0, 0.1) is 0 Å². The number of alkyl halides is 2. The Hall–Kier alpha value is -1.74. The highest BCUT2D eigenvalue weighted by atomic mass is 32.2. The van der Waals surface area contributed by atoms with E-state index in [9.17, 15) is 22.0 Å². The minimum atomic E-state index is -4.32. The largest absolute Gasteiger partial charge is 0.462 e. The molecule has 0 radical (unpaired) electrons. The molecule has 1 aromatic rings. The third-order valence-corrected chi connectivity index (χ3v) is 2.91. The van der Waals surface area contributed by atoms with E-state index in [1.807, 2.05) is 0 Å². The molecule has 6 nitrogen and oxygen atoms in total. The van der Waals surface area contributed by atoms with Crippen LogP contribution in [0.4, 0.5) is 8.78 Å². The maximum Gasteiger partial charge on any atom is 0.387 e. The third kappa shape index (κ3) is 4.14. The maximum atomic E-state index is 12.1. The van der Waals surface area contributed by atoms with Crippen molar-refractivity contribution < 1.29 is 31.5 Å². The van der Waals surface area contributed by atoms with Crippen LogP contribution in [0.3, 0.4) is 0 Å². The number of carbonyl (C=O) groups excluding carboxylic acids is 1. The number of carbonyl (C=O) groups is 1. The predicted octanol–water partition coefficient (Wildman–Crippen LogP) is 1.11. The lowest BCUT2D eigenvalue weighted by Crippen LogP contribution is -2.16. The van der Waals surface area contributed by atoms with E-state index in [0.717, 1.165) is 18.2 Å². The van der Waals surface area contributed by atoms with Gasteiger partial charge in [0.05, 0.1) is 12.2 Å². The summed E-state index contributed by atoms with van der Waals surface area (Å²) in [6.45, 7) is -1.57. The Kier molecular flexibility index (Phi) is 4.78. The Morgan fingerprint density at radius 3 is 2.53 bits per heavy atom. The van der Waals surface area contributed by atoms with Crippen molar-refractivity contribution in [2.45, 2.75) is 18.4 Å². The maximum absolute atomic E-state index is 12.1. The average Bonchev–Trinajstić information content (AvgIpc) is 2.27. The molecule has 0 fully saturated rings. The molecule has 1 aromatic carbocycles. The number of primary sulfonamides is 1. The number of sulfonamides is 1. The van der Waals surface area contributed by atoms with Gasteiger partial charge in [0.25, 0.3) is 0 Å². The topological polar surface area (TPSA) is 95.7 Å². The summed E-state index contributed by atoms with van der Waals surface area (Å²) in [5, 5.41) is 4.87. The van der Waals surface area contributed by atoms with Gasteiger partial charge in [0.15, 0.2) is 0 Å². The van der Waals surface area contributed by atoms with E-state index in [2.05, 4.69) is 9.47 Å². The third-order valence-electron chi connectivity index (χ3n) is 1.98. The number of hydrogen-bond donors (Lipinski definition) is 1. The number of nitrogens with two attached hydrogens (primary N) is 1. The van der Waals surface area contributed by atoms with E-state index in [0.29, 0.717) is 0 Å². The highest BCUT2D eigenvalue weighted by Gasteiger charge is 2.21. The van der Waals surface area contributed by atoms with Crippen molar-refractivity contribution in [2.75, 3.05) is 6.61 Å². The van der Waals surface area contributed by atoms with Crippen molar-refractivity contribution in [2.24, 2.45) is 5.14 Å².